The van der Waals surface area contributed by atoms with Crippen LogP contribution >= 0.6 is 23.2 Å². The first-order chi connectivity index (χ1) is 35.8. The van der Waals surface area contributed by atoms with Crippen LogP contribution in [0.15, 0.2) is 137 Å². The zero-order chi connectivity index (χ0) is 56.4. The van der Waals surface area contributed by atoms with E-state index in [0.717, 1.165) is 24.3 Å². The molecule has 0 saturated carbocycles. The molecule has 0 fully saturated rings. The number of hydrazone groups is 1. The second-order valence-electron chi connectivity index (χ2n) is 14.7. The number of anilines is 9. The number of nitrogens with one attached hydrogen (secondary N) is 5. The van der Waals surface area contributed by atoms with E-state index in [4.69, 9.17) is 23.2 Å². The number of benzene rings is 5. The first-order valence-corrected chi connectivity index (χ1v) is 27.9. The fourth-order valence-corrected chi connectivity index (χ4v) is 9.34. The van der Waals surface area contributed by atoms with Crippen molar-refractivity contribution in [1.29, 1.82) is 0 Å². The third-order valence-electron chi connectivity index (χ3n) is 9.43. The molecule has 0 aliphatic rings. The number of hydrogen-bond acceptors (Lipinski definition) is 25. The number of carboxylic acid groups (broad SMARTS) is 1. The molecule has 0 bridgehead atoms. The lowest BCUT2D eigenvalue weighted by molar-refractivity contribution is 0.0697. The highest BCUT2D eigenvalue weighted by atomic mass is 35.5. The minimum absolute atomic E-state index is 0.0206. The van der Waals surface area contributed by atoms with E-state index >= 15 is 0 Å². The molecule has 402 valence electrons. The number of phenolic OH excluding ortho intramolecular Hbond substituents is 1. The van der Waals surface area contributed by atoms with E-state index in [1.807, 2.05) is 0 Å². The predicted octanol–water partition coefficient (Wildman–Crippen LogP) is 5.53. The normalized spacial score (nSPS) is 12.5. The molecule has 0 saturated heterocycles. The highest BCUT2D eigenvalue weighted by molar-refractivity contribution is 7.87. The Morgan fingerprint density at radius 1 is 0.494 bits per heavy atom. The molecule has 0 aliphatic carbocycles. The van der Waals surface area contributed by atoms with Crippen molar-refractivity contribution in [3.63, 3.8) is 0 Å². The summed E-state index contributed by atoms with van der Waals surface area (Å²) in [6, 6.07) is 16.8. The quantitative estimate of drug-likeness (QED) is 0.0125. The molecule has 0 aliphatic heterocycles. The van der Waals surface area contributed by atoms with Crippen LogP contribution in [0.5, 0.6) is 5.75 Å². The van der Waals surface area contributed by atoms with Gasteiger partial charge in [-0.25, -0.2) is 4.79 Å². The third kappa shape index (κ3) is 14.4. The summed E-state index contributed by atoms with van der Waals surface area (Å²) >= 11 is 12.2. The Bertz CT molecular complexity index is 4210. The van der Waals surface area contributed by atoms with Crippen LogP contribution in [0, 0.1) is 0 Å². The van der Waals surface area contributed by atoms with Crippen molar-refractivity contribution in [3.8, 4) is 5.75 Å². The Hall–Kier alpha value is -8.21. The molecule has 0 spiro atoms. The van der Waals surface area contributed by atoms with Crippen LogP contribution in [-0.4, -0.2) is 117 Å². The minimum atomic E-state index is -5.42. The van der Waals surface area contributed by atoms with E-state index < -0.39 is 155 Å². The standard InChI is InChI=1S/C38H28Cl2N14O18S5/c39-33-45-35(41-18-7-4-8-19(11-18)73(58,59)60)49-36(46-33)42-24-15-29(77(70,71)72)25(16-28(24)76(67,68)69)43-37-47-34(40)48-38(50-37)44-26-13-21(75(64,65)66)14-27(30(26)55)52-54-31(17-5-2-1-3-6-17)53-51-23-10-9-20(74(61,62)63)12-22(23)32(56)57/h1-16,51,55H,(H,56,57)(H,58,59,60)(H,61,62,63)(H,64,65,66)(H,67,68,69)(H,70,71,72)(H2,41,42,45,46,49)(H2,43,44,47,48,50)/b53-31-,54-52+. The van der Waals surface area contributed by atoms with Gasteiger partial charge in [0.25, 0.3) is 50.6 Å². The molecule has 0 amide bonds. The summed E-state index contributed by atoms with van der Waals surface area (Å²) in [4.78, 5) is 30.5. The molecule has 77 heavy (non-hydrogen) atoms. The highest BCUT2D eigenvalue weighted by Crippen LogP contribution is 2.40. The maximum absolute atomic E-state index is 12.8. The van der Waals surface area contributed by atoms with Gasteiger partial charge in [-0.2, -0.15) is 77.1 Å². The average molecular weight is 1200 g/mol. The van der Waals surface area contributed by atoms with Crippen LogP contribution in [0.1, 0.15) is 15.9 Å². The first-order valence-electron chi connectivity index (χ1n) is 19.9. The van der Waals surface area contributed by atoms with Crippen molar-refractivity contribution in [2.24, 2.45) is 15.3 Å². The Morgan fingerprint density at radius 2 is 0.987 bits per heavy atom. The summed E-state index contributed by atoms with van der Waals surface area (Å²) in [7, 11) is -25.5. The lowest BCUT2D eigenvalue weighted by Crippen LogP contribution is -2.12. The second kappa shape index (κ2) is 21.8. The number of azo groups is 1. The van der Waals surface area contributed by atoms with Gasteiger partial charge in [0.15, 0.2) is 5.75 Å². The Balaban J connectivity index is 1.23. The van der Waals surface area contributed by atoms with Crippen molar-refractivity contribution in [2.75, 3.05) is 26.7 Å². The van der Waals surface area contributed by atoms with Crippen molar-refractivity contribution in [1.82, 2.24) is 29.9 Å². The van der Waals surface area contributed by atoms with Crippen molar-refractivity contribution in [2.45, 2.75) is 24.5 Å². The SMILES string of the molecule is O=C(O)c1cc(S(=O)(=O)O)ccc1N/N=C(\N=N\c1cc(S(=O)(=O)O)cc(Nc2nc(Cl)nc(Nc3cc(S(=O)(=O)O)c(Nc4nc(Cl)nc(Nc5cccc(S(=O)(=O)O)c5)n4)cc3S(=O)(=O)O)n2)c1O)c1ccccc1. The number of phenols is 1. The van der Waals surface area contributed by atoms with Gasteiger partial charge in [-0.1, -0.05) is 36.4 Å². The Kier molecular flexibility index (Phi) is 16.0. The maximum Gasteiger partial charge on any atom is 0.337 e. The van der Waals surface area contributed by atoms with Crippen LogP contribution in [0.3, 0.4) is 0 Å². The third-order valence-corrected chi connectivity index (χ3v) is 14.1. The summed E-state index contributed by atoms with van der Waals surface area (Å²) in [5.74, 6) is -5.56. The highest BCUT2D eigenvalue weighted by Gasteiger charge is 2.27. The summed E-state index contributed by atoms with van der Waals surface area (Å²) in [5.41, 5.74) is -1.58. The molecule has 0 radical (unpaired) electrons. The largest absolute Gasteiger partial charge is 0.504 e. The van der Waals surface area contributed by atoms with Gasteiger partial charge < -0.3 is 31.5 Å². The number of carboxylic acids is 1. The molecular weight excluding hydrogens is 1170 g/mol. The first kappa shape index (κ1) is 56.5. The van der Waals surface area contributed by atoms with E-state index in [1.54, 1.807) is 6.07 Å². The summed E-state index contributed by atoms with van der Waals surface area (Å²) in [6.07, 6.45) is 0. The van der Waals surface area contributed by atoms with Crippen LogP contribution in [0.4, 0.5) is 57.9 Å². The number of nitrogens with zero attached hydrogens (tertiary/aromatic N) is 9. The number of hydrogen-bond donors (Lipinski definition) is 12. The van der Waals surface area contributed by atoms with Crippen LogP contribution in [-0.2, 0) is 50.6 Å². The van der Waals surface area contributed by atoms with Gasteiger partial charge in [0, 0.05) is 11.3 Å². The number of halogens is 2. The number of carbonyl (C=O) groups is 1. The van der Waals surface area contributed by atoms with Gasteiger partial charge in [-0.3, -0.25) is 28.2 Å². The number of rotatable bonds is 18. The Labute approximate surface area is 441 Å². The fourth-order valence-electron chi connectivity index (χ4n) is 6.15. The van der Waals surface area contributed by atoms with Gasteiger partial charge in [0.2, 0.25) is 40.2 Å². The van der Waals surface area contributed by atoms with E-state index in [2.05, 4.69) is 71.9 Å². The van der Waals surface area contributed by atoms with Crippen LogP contribution in [0.2, 0.25) is 10.6 Å². The molecule has 2 aromatic heterocycles. The molecule has 32 nitrogen and oxygen atoms in total. The minimum Gasteiger partial charge on any atom is -0.504 e. The van der Waals surface area contributed by atoms with Gasteiger partial charge in [-0.15, -0.1) is 10.2 Å². The van der Waals surface area contributed by atoms with Crippen molar-refractivity contribution < 1.29 is 79.9 Å². The summed E-state index contributed by atoms with van der Waals surface area (Å²) in [6.45, 7) is 0. The molecular formula is C38H28Cl2N14O18S5. The molecule has 0 unspecified atom stereocenters. The zero-order valence-electron chi connectivity index (χ0n) is 37.2. The van der Waals surface area contributed by atoms with E-state index in [1.165, 1.54) is 36.4 Å². The predicted molar refractivity (Wildman–Crippen MR) is 267 cm³/mol. The molecule has 2 heterocycles. The van der Waals surface area contributed by atoms with Gasteiger partial charge in [0.1, 0.15) is 15.5 Å². The smallest absolute Gasteiger partial charge is 0.337 e. The lowest BCUT2D eigenvalue weighted by atomic mass is 10.2. The molecule has 5 aromatic carbocycles. The monoisotopic (exact) mass is 1200 g/mol. The zero-order valence-corrected chi connectivity index (χ0v) is 42.8. The molecule has 39 heteroatoms. The average Bonchev–Trinajstić information content (AvgIpc) is 3.32. The topological polar surface area (TPSA) is 504 Å². The van der Waals surface area contributed by atoms with Crippen LogP contribution < -0.4 is 26.7 Å². The number of amidine groups is 1. The Morgan fingerprint density at radius 3 is 1.48 bits per heavy atom. The van der Waals surface area contributed by atoms with Crippen molar-refractivity contribution >= 4 is 144 Å². The molecule has 7 aromatic rings. The van der Waals surface area contributed by atoms with Gasteiger partial charge in [-0.05, 0) is 83.9 Å². The lowest BCUT2D eigenvalue weighted by Gasteiger charge is -2.16. The molecule has 12 N–H and O–H groups in total. The molecule has 7 rings (SSSR count). The van der Waals surface area contributed by atoms with Crippen molar-refractivity contribution in [3.05, 3.63) is 119 Å². The van der Waals surface area contributed by atoms with E-state index in [0.29, 0.717) is 30.3 Å². The van der Waals surface area contributed by atoms with Gasteiger partial charge >= 0.3 is 5.97 Å². The van der Waals surface area contributed by atoms with E-state index in [9.17, 15) is 79.9 Å². The fraction of sp³-hybridized carbons (Fsp3) is 0. The van der Waals surface area contributed by atoms with Gasteiger partial charge in [0.05, 0.1) is 43.0 Å². The van der Waals surface area contributed by atoms with Crippen LogP contribution in [0.25, 0.3) is 0 Å². The number of aromatic nitrogens is 6. The number of aromatic hydroxyl groups is 1. The van der Waals surface area contributed by atoms with E-state index in [-0.39, 0.29) is 16.9 Å². The number of aromatic carboxylic acids is 1. The molecule has 0 atom stereocenters. The second-order valence-corrected chi connectivity index (χ2v) is 22.4. The summed E-state index contributed by atoms with van der Waals surface area (Å²) in [5, 5.41) is 41.1. The maximum atomic E-state index is 12.8. The summed E-state index contributed by atoms with van der Waals surface area (Å²) < 4.78 is 172.